The molecule has 70 valence electrons. The first-order chi connectivity index (χ1) is 6.00. The zero-order valence-electron chi connectivity index (χ0n) is 6.97. The van der Waals surface area contributed by atoms with Crippen LogP contribution in [0, 0.1) is 12.7 Å². The Morgan fingerprint density at radius 3 is 2.77 bits per heavy atom. The summed E-state index contributed by atoms with van der Waals surface area (Å²) in [7, 11) is 0. The molecule has 2 nitrogen and oxygen atoms in total. The maximum atomic E-state index is 13.1. The molecule has 1 aromatic rings. The summed E-state index contributed by atoms with van der Waals surface area (Å²) in [4.78, 5) is 10.3. The standard InChI is InChI=1S/C9H8BrFO2/c1-5-2-8(11)6(3-7(5)10)4-9(12)13/h2-3H,4H2,1H3,(H,12,13). The van der Waals surface area contributed by atoms with E-state index in [1.54, 1.807) is 6.92 Å². The van der Waals surface area contributed by atoms with E-state index in [4.69, 9.17) is 5.11 Å². The number of halogens is 2. The lowest BCUT2D eigenvalue weighted by molar-refractivity contribution is -0.136. The molecule has 0 bridgehead atoms. The lowest BCUT2D eigenvalue weighted by atomic mass is 10.1. The predicted octanol–water partition coefficient (Wildman–Crippen LogP) is 2.52. The average molecular weight is 247 g/mol. The van der Waals surface area contributed by atoms with Crippen molar-refractivity contribution in [1.29, 1.82) is 0 Å². The van der Waals surface area contributed by atoms with Gasteiger partial charge >= 0.3 is 5.97 Å². The number of aliphatic carboxylic acids is 1. The highest BCUT2D eigenvalue weighted by Gasteiger charge is 2.08. The van der Waals surface area contributed by atoms with Crippen molar-refractivity contribution in [1.82, 2.24) is 0 Å². The van der Waals surface area contributed by atoms with Gasteiger partial charge in [0.2, 0.25) is 0 Å². The van der Waals surface area contributed by atoms with Gasteiger partial charge in [0.05, 0.1) is 6.42 Å². The van der Waals surface area contributed by atoms with Crippen LogP contribution in [0.5, 0.6) is 0 Å². The Morgan fingerprint density at radius 1 is 1.62 bits per heavy atom. The van der Waals surface area contributed by atoms with Gasteiger partial charge < -0.3 is 5.11 Å². The molecule has 1 N–H and O–H groups in total. The largest absolute Gasteiger partial charge is 0.481 e. The number of hydrogen-bond acceptors (Lipinski definition) is 1. The van der Waals surface area contributed by atoms with E-state index in [2.05, 4.69) is 15.9 Å². The first kappa shape index (κ1) is 10.2. The first-order valence-corrected chi connectivity index (χ1v) is 4.46. The number of hydrogen-bond donors (Lipinski definition) is 1. The highest BCUT2D eigenvalue weighted by molar-refractivity contribution is 9.10. The van der Waals surface area contributed by atoms with E-state index in [0.717, 1.165) is 10.0 Å². The number of benzene rings is 1. The summed E-state index contributed by atoms with van der Waals surface area (Å²) in [6, 6.07) is 2.82. The van der Waals surface area contributed by atoms with Gasteiger partial charge in [-0.25, -0.2) is 4.39 Å². The Morgan fingerprint density at radius 2 is 2.23 bits per heavy atom. The minimum Gasteiger partial charge on any atom is -0.481 e. The van der Waals surface area contributed by atoms with E-state index < -0.39 is 11.8 Å². The summed E-state index contributed by atoms with van der Waals surface area (Å²) in [6.45, 7) is 1.75. The van der Waals surface area contributed by atoms with Gasteiger partial charge in [0, 0.05) is 10.0 Å². The van der Waals surface area contributed by atoms with E-state index in [0.29, 0.717) is 0 Å². The summed E-state index contributed by atoms with van der Waals surface area (Å²) in [5, 5.41) is 8.47. The van der Waals surface area contributed by atoms with Crippen molar-refractivity contribution < 1.29 is 14.3 Å². The fourth-order valence-electron chi connectivity index (χ4n) is 0.986. The molecule has 0 unspecified atom stereocenters. The Labute approximate surface area is 83.5 Å². The molecule has 0 saturated heterocycles. The van der Waals surface area contributed by atoms with Crippen LogP contribution < -0.4 is 0 Å². The molecular weight excluding hydrogens is 239 g/mol. The third kappa shape index (κ3) is 2.52. The van der Waals surface area contributed by atoms with Gasteiger partial charge in [-0.2, -0.15) is 0 Å². The second kappa shape index (κ2) is 3.87. The zero-order chi connectivity index (χ0) is 10.0. The fraction of sp³-hybridized carbons (Fsp3) is 0.222. The van der Waals surface area contributed by atoms with Crippen molar-refractivity contribution in [3.63, 3.8) is 0 Å². The maximum absolute atomic E-state index is 13.1. The maximum Gasteiger partial charge on any atom is 0.307 e. The number of carboxylic acid groups (broad SMARTS) is 1. The van der Waals surface area contributed by atoms with Crippen LogP contribution in [0.1, 0.15) is 11.1 Å². The Bertz CT molecular complexity index is 350. The third-order valence-electron chi connectivity index (χ3n) is 1.67. The number of aryl methyl sites for hydroxylation is 1. The zero-order valence-corrected chi connectivity index (χ0v) is 8.56. The molecular formula is C9H8BrFO2. The van der Waals surface area contributed by atoms with Crippen molar-refractivity contribution in [3.05, 3.63) is 33.5 Å². The molecule has 1 rings (SSSR count). The SMILES string of the molecule is Cc1cc(F)c(CC(=O)O)cc1Br. The molecule has 0 heterocycles. The fourth-order valence-corrected chi connectivity index (χ4v) is 1.38. The lowest BCUT2D eigenvalue weighted by Gasteiger charge is -2.03. The van der Waals surface area contributed by atoms with Crippen LogP contribution in [0.3, 0.4) is 0 Å². The molecule has 0 atom stereocenters. The first-order valence-electron chi connectivity index (χ1n) is 3.67. The molecule has 0 spiro atoms. The molecule has 0 aliphatic heterocycles. The smallest absolute Gasteiger partial charge is 0.307 e. The van der Waals surface area contributed by atoms with E-state index in [1.165, 1.54) is 12.1 Å². The van der Waals surface area contributed by atoms with Gasteiger partial charge in [0.15, 0.2) is 0 Å². The van der Waals surface area contributed by atoms with Crippen molar-refractivity contribution in [2.75, 3.05) is 0 Å². The van der Waals surface area contributed by atoms with Crippen LogP contribution in [-0.4, -0.2) is 11.1 Å². The van der Waals surface area contributed by atoms with Crippen molar-refractivity contribution in [2.24, 2.45) is 0 Å². The molecule has 13 heavy (non-hydrogen) atoms. The second-order valence-corrected chi connectivity index (χ2v) is 3.62. The van der Waals surface area contributed by atoms with Crippen molar-refractivity contribution in [3.8, 4) is 0 Å². The van der Waals surface area contributed by atoms with Crippen LogP contribution in [0.15, 0.2) is 16.6 Å². The molecule has 0 aliphatic rings. The molecule has 0 radical (unpaired) electrons. The monoisotopic (exact) mass is 246 g/mol. The Balaban J connectivity index is 3.08. The number of carboxylic acids is 1. The molecule has 0 fully saturated rings. The van der Waals surface area contributed by atoms with Crippen LogP contribution >= 0.6 is 15.9 Å². The van der Waals surface area contributed by atoms with E-state index in [9.17, 15) is 9.18 Å². The highest BCUT2D eigenvalue weighted by Crippen LogP contribution is 2.20. The topological polar surface area (TPSA) is 37.3 Å². The number of rotatable bonds is 2. The summed E-state index contributed by atoms with van der Waals surface area (Å²) in [5.74, 6) is -1.50. The quantitative estimate of drug-likeness (QED) is 0.871. The van der Waals surface area contributed by atoms with Crippen LogP contribution in [-0.2, 0) is 11.2 Å². The minimum atomic E-state index is -1.03. The summed E-state index contributed by atoms with van der Waals surface area (Å²) < 4.78 is 13.8. The molecule has 0 aliphatic carbocycles. The van der Waals surface area contributed by atoms with Crippen LogP contribution in [0.2, 0.25) is 0 Å². The average Bonchev–Trinajstić information content (AvgIpc) is 1.99. The van der Waals surface area contributed by atoms with E-state index in [1.807, 2.05) is 0 Å². The van der Waals surface area contributed by atoms with Gasteiger partial charge in [-0.15, -0.1) is 0 Å². The molecule has 0 amide bonds. The van der Waals surface area contributed by atoms with E-state index >= 15 is 0 Å². The summed E-state index contributed by atoms with van der Waals surface area (Å²) >= 11 is 3.21. The lowest BCUT2D eigenvalue weighted by Crippen LogP contribution is -2.02. The second-order valence-electron chi connectivity index (χ2n) is 2.76. The minimum absolute atomic E-state index is 0.199. The molecule has 1 aromatic carbocycles. The predicted molar refractivity (Wildman–Crippen MR) is 50.2 cm³/mol. The third-order valence-corrected chi connectivity index (χ3v) is 2.52. The molecule has 0 aromatic heterocycles. The molecule has 4 heteroatoms. The van der Waals surface area contributed by atoms with Crippen molar-refractivity contribution >= 4 is 21.9 Å². The van der Waals surface area contributed by atoms with Gasteiger partial charge in [-0.3, -0.25) is 4.79 Å². The van der Waals surface area contributed by atoms with Crippen molar-refractivity contribution in [2.45, 2.75) is 13.3 Å². The van der Waals surface area contributed by atoms with Crippen LogP contribution in [0.25, 0.3) is 0 Å². The van der Waals surface area contributed by atoms with Gasteiger partial charge in [0.25, 0.3) is 0 Å². The number of carbonyl (C=O) groups is 1. The molecule has 0 saturated carbocycles. The normalized spacial score (nSPS) is 10.1. The summed E-state index contributed by atoms with van der Waals surface area (Å²) in [5.41, 5.74) is 0.955. The van der Waals surface area contributed by atoms with Gasteiger partial charge in [-0.1, -0.05) is 15.9 Å². The van der Waals surface area contributed by atoms with Gasteiger partial charge in [-0.05, 0) is 24.6 Å². The Kier molecular flexibility index (Phi) is 3.03. The van der Waals surface area contributed by atoms with E-state index in [-0.39, 0.29) is 12.0 Å². The highest BCUT2D eigenvalue weighted by atomic mass is 79.9. The Hall–Kier alpha value is -0.900. The van der Waals surface area contributed by atoms with Crippen LogP contribution in [0.4, 0.5) is 4.39 Å². The summed E-state index contributed by atoms with van der Waals surface area (Å²) in [6.07, 6.45) is -0.287. The van der Waals surface area contributed by atoms with Gasteiger partial charge in [0.1, 0.15) is 5.82 Å².